The first-order valence-electron chi connectivity index (χ1n) is 8.30. The molecule has 110 valence electrons. The van der Waals surface area contributed by atoms with Crippen molar-refractivity contribution in [2.24, 2.45) is 5.92 Å². The number of allylic oxidation sites excluding steroid dienone is 1. The van der Waals surface area contributed by atoms with Crippen molar-refractivity contribution in [1.29, 1.82) is 0 Å². The van der Waals surface area contributed by atoms with Crippen LogP contribution in [0.2, 0.25) is 12.1 Å². The molecule has 2 heterocycles. The minimum absolute atomic E-state index is 0.0589. The number of likely N-dealkylation sites (tertiary alicyclic amines) is 2. The number of rotatable bonds is 7. The molecule has 0 spiro atoms. The van der Waals surface area contributed by atoms with E-state index in [1.807, 2.05) is 0 Å². The van der Waals surface area contributed by atoms with Crippen molar-refractivity contribution in [2.75, 3.05) is 26.2 Å². The van der Waals surface area contributed by atoms with Gasteiger partial charge < -0.3 is 0 Å². The first-order valence-corrected chi connectivity index (χ1v) is 10.3. The van der Waals surface area contributed by atoms with Gasteiger partial charge in [0.05, 0.1) is 5.66 Å². The van der Waals surface area contributed by atoms with Crippen molar-refractivity contribution in [2.45, 2.75) is 57.3 Å². The van der Waals surface area contributed by atoms with Gasteiger partial charge >= 0.3 is 0 Å². The molecule has 1 atom stereocenters. The molecule has 19 heavy (non-hydrogen) atoms. The third kappa shape index (κ3) is 3.31. The standard InChI is InChI=1S/C16H32N2Si/c1-4-13-19-14-15(2)16(3,17-9-5-6-10-17)18-11-7-8-12-18/h4,15H,1,5-14,19H2,2-3H3. The molecule has 2 aliphatic rings. The van der Waals surface area contributed by atoms with Crippen LogP contribution >= 0.6 is 0 Å². The monoisotopic (exact) mass is 280 g/mol. The van der Waals surface area contributed by atoms with Gasteiger partial charge in [-0.2, -0.15) is 0 Å². The summed E-state index contributed by atoms with van der Waals surface area (Å²) in [6, 6.07) is 2.77. The van der Waals surface area contributed by atoms with E-state index in [4.69, 9.17) is 0 Å². The summed E-state index contributed by atoms with van der Waals surface area (Å²) in [7, 11) is 0.0589. The van der Waals surface area contributed by atoms with Crippen molar-refractivity contribution >= 4 is 9.52 Å². The molecule has 2 rings (SSSR count). The summed E-state index contributed by atoms with van der Waals surface area (Å²) < 4.78 is 0. The molecule has 0 aromatic rings. The van der Waals surface area contributed by atoms with Crippen molar-refractivity contribution in [3.05, 3.63) is 12.7 Å². The smallest absolute Gasteiger partial charge is 0.0732 e. The van der Waals surface area contributed by atoms with Gasteiger partial charge in [0.1, 0.15) is 0 Å². The summed E-state index contributed by atoms with van der Waals surface area (Å²) in [6.45, 7) is 14.2. The van der Waals surface area contributed by atoms with Crippen LogP contribution in [0, 0.1) is 5.92 Å². The first-order chi connectivity index (χ1) is 9.19. The fourth-order valence-electron chi connectivity index (χ4n) is 4.00. The van der Waals surface area contributed by atoms with E-state index in [0.717, 1.165) is 5.92 Å². The molecule has 2 aliphatic heterocycles. The molecular weight excluding hydrogens is 248 g/mol. The summed E-state index contributed by atoms with van der Waals surface area (Å²) in [5.41, 5.74) is 0.334. The van der Waals surface area contributed by atoms with Crippen LogP contribution in [0.5, 0.6) is 0 Å². The van der Waals surface area contributed by atoms with E-state index in [1.165, 1.54) is 64.0 Å². The van der Waals surface area contributed by atoms with Crippen LogP contribution in [-0.4, -0.2) is 51.2 Å². The Bertz CT molecular complexity index is 264. The van der Waals surface area contributed by atoms with Gasteiger partial charge in [0.2, 0.25) is 0 Å². The van der Waals surface area contributed by atoms with Crippen LogP contribution in [0.25, 0.3) is 0 Å². The van der Waals surface area contributed by atoms with Crippen molar-refractivity contribution in [1.82, 2.24) is 9.80 Å². The Hall–Kier alpha value is -0.123. The van der Waals surface area contributed by atoms with Crippen LogP contribution in [0.3, 0.4) is 0 Å². The van der Waals surface area contributed by atoms with Gasteiger partial charge in [0.25, 0.3) is 0 Å². The Labute approximate surface area is 122 Å². The van der Waals surface area contributed by atoms with E-state index in [2.05, 4.69) is 36.3 Å². The predicted molar refractivity (Wildman–Crippen MR) is 87.5 cm³/mol. The molecule has 2 fully saturated rings. The lowest BCUT2D eigenvalue weighted by Crippen LogP contribution is -2.60. The second kappa shape index (κ2) is 7.05. The minimum atomic E-state index is 0.0589. The van der Waals surface area contributed by atoms with E-state index in [1.54, 1.807) is 0 Å². The Kier molecular flexibility index (Phi) is 5.66. The van der Waals surface area contributed by atoms with Crippen LogP contribution < -0.4 is 0 Å². The van der Waals surface area contributed by atoms with Gasteiger partial charge in [-0.05, 0) is 70.7 Å². The highest BCUT2D eigenvalue weighted by Gasteiger charge is 2.43. The second-order valence-corrected chi connectivity index (χ2v) is 8.46. The topological polar surface area (TPSA) is 6.48 Å². The number of nitrogens with zero attached hydrogens (tertiary/aromatic N) is 2. The van der Waals surface area contributed by atoms with E-state index < -0.39 is 0 Å². The zero-order valence-corrected chi connectivity index (χ0v) is 14.4. The zero-order valence-electron chi connectivity index (χ0n) is 13.0. The highest BCUT2D eigenvalue weighted by molar-refractivity contribution is 6.36. The molecule has 0 bridgehead atoms. The van der Waals surface area contributed by atoms with Crippen molar-refractivity contribution in [3.63, 3.8) is 0 Å². The van der Waals surface area contributed by atoms with E-state index in [-0.39, 0.29) is 9.52 Å². The Morgan fingerprint density at radius 1 is 1.11 bits per heavy atom. The third-order valence-corrected chi connectivity index (χ3v) is 7.56. The second-order valence-electron chi connectivity index (χ2n) is 6.60. The van der Waals surface area contributed by atoms with Gasteiger partial charge in [0.15, 0.2) is 0 Å². The molecule has 0 amide bonds. The molecule has 0 radical (unpaired) electrons. The SMILES string of the molecule is C=CC[SiH2]CC(C)C(C)(N1CCCC1)N1CCCC1. The maximum absolute atomic E-state index is 3.89. The quantitative estimate of drug-likeness (QED) is 0.402. The summed E-state index contributed by atoms with van der Waals surface area (Å²) in [4.78, 5) is 5.59. The molecule has 0 aromatic heterocycles. The van der Waals surface area contributed by atoms with E-state index in [0.29, 0.717) is 5.66 Å². The van der Waals surface area contributed by atoms with Gasteiger partial charge in [-0.15, -0.1) is 6.58 Å². The van der Waals surface area contributed by atoms with Crippen LogP contribution in [0.15, 0.2) is 12.7 Å². The first kappa shape index (κ1) is 15.3. The van der Waals surface area contributed by atoms with Crippen LogP contribution in [-0.2, 0) is 0 Å². The summed E-state index contributed by atoms with van der Waals surface area (Å²) in [6.07, 6.45) is 7.74. The highest BCUT2D eigenvalue weighted by Crippen LogP contribution is 2.36. The van der Waals surface area contributed by atoms with Crippen LogP contribution in [0.4, 0.5) is 0 Å². The highest BCUT2D eigenvalue weighted by atomic mass is 28.2. The molecule has 3 heteroatoms. The lowest BCUT2D eigenvalue weighted by atomic mass is 9.94. The molecular formula is C16H32N2Si. The Balaban J connectivity index is 2.05. The maximum atomic E-state index is 3.89. The number of hydrogen-bond donors (Lipinski definition) is 0. The van der Waals surface area contributed by atoms with Crippen molar-refractivity contribution in [3.8, 4) is 0 Å². The maximum Gasteiger partial charge on any atom is 0.0732 e. The van der Waals surface area contributed by atoms with Crippen molar-refractivity contribution < 1.29 is 0 Å². The average molecular weight is 281 g/mol. The summed E-state index contributed by atoms with van der Waals surface area (Å²) in [5, 5.41) is 0. The van der Waals surface area contributed by atoms with Crippen LogP contribution in [0.1, 0.15) is 39.5 Å². The third-order valence-electron chi connectivity index (χ3n) is 5.47. The molecule has 0 aliphatic carbocycles. The normalized spacial score (nSPS) is 24.5. The van der Waals surface area contributed by atoms with Gasteiger partial charge in [-0.1, -0.05) is 19.0 Å². The average Bonchev–Trinajstić information content (AvgIpc) is 3.10. The lowest BCUT2D eigenvalue weighted by Gasteiger charge is -2.50. The zero-order chi connectivity index (χ0) is 13.7. The van der Waals surface area contributed by atoms with Gasteiger partial charge in [0, 0.05) is 9.52 Å². The molecule has 0 saturated carbocycles. The fourth-order valence-corrected chi connectivity index (χ4v) is 5.69. The minimum Gasteiger partial charge on any atom is -0.285 e. The Morgan fingerprint density at radius 2 is 1.58 bits per heavy atom. The largest absolute Gasteiger partial charge is 0.285 e. The predicted octanol–water partition coefficient (Wildman–Crippen LogP) is 2.72. The Morgan fingerprint density at radius 3 is 2.00 bits per heavy atom. The van der Waals surface area contributed by atoms with Gasteiger partial charge in [-0.25, -0.2) is 0 Å². The number of hydrogen-bond acceptors (Lipinski definition) is 2. The molecule has 0 aromatic carbocycles. The molecule has 2 saturated heterocycles. The molecule has 0 N–H and O–H groups in total. The fraction of sp³-hybridized carbons (Fsp3) is 0.875. The lowest BCUT2D eigenvalue weighted by molar-refractivity contribution is -0.0549. The molecule has 1 unspecified atom stereocenters. The van der Waals surface area contributed by atoms with Gasteiger partial charge in [-0.3, -0.25) is 9.80 Å². The molecule has 2 nitrogen and oxygen atoms in total. The summed E-state index contributed by atoms with van der Waals surface area (Å²) in [5.74, 6) is 0.815. The van der Waals surface area contributed by atoms with E-state index >= 15 is 0 Å². The van der Waals surface area contributed by atoms with E-state index in [9.17, 15) is 0 Å². The summed E-state index contributed by atoms with van der Waals surface area (Å²) >= 11 is 0.